The van der Waals surface area contributed by atoms with Gasteiger partial charge in [-0.1, -0.05) is 11.3 Å². The molecule has 0 spiro atoms. The van der Waals surface area contributed by atoms with Gasteiger partial charge < -0.3 is 19.1 Å². The fraction of sp³-hybridized carbons (Fsp3) is 0.375. The van der Waals surface area contributed by atoms with Crippen LogP contribution in [0.3, 0.4) is 0 Å². The number of methoxy groups -OCH3 is 1. The molecule has 0 aliphatic carbocycles. The van der Waals surface area contributed by atoms with Crippen molar-refractivity contribution >= 4 is 38.5 Å². The van der Waals surface area contributed by atoms with Crippen molar-refractivity contribution in [1.29, 1.82) is 0 Å². The van der Waals surface area contributed by atoms with E-state index in [9.17, 15) is 9.59 Å². The summed E-state index contributed by atoms with van der Waals surface area (Å²) < 4.78 is 17.6. The highest BCUT2D eigenvalue weighted by molar-refractivity contribution is 7.22. The first-order valence-corrected chi connectivity index (χ1v) is 11.8. The molecule has 3 aromatic rings. The number of aromatic nitrogens is 1. The Hall–Kier alpha value is -3.33. The van der Waals surface area contributed by atoms with Crippen LogP contribution < -0.4 is 19.5 Å². The van der Waals surface area contributed by atoms with E-state index < -0.39 is 0 Å². The average molecular weight is 470 g/mol. The summed E-state index contributed by atoms with van der Waals surface area (Å²) in [6, 6.07) is 10.5. The molecule has 2 heterocycles. The molecule has 1 fully saturated rings. The predicted molar refractivity (Wildman–Crippen MR) is 128 cm³/mol. The summed E-state index contributed by atoms with van der Waals surface area (Å²) in [5, 5.41) is 3.33. The largest absolute Gasteiger partial charge is 0.497 e. The summed E-state index contributed by atoms with van der Waals surface area (Å²) >= 11 is 1.37. The Balaban J connectivity index is 1.44. The molecular weight excluding hydrogens is 442 g/mol. The lowest BCUT2D eigenvalue weighted by Crippen LogP contribution is -2.38. The maximum absolute atomic E-state index is 12.8. The smallest absolute Gasteiger partial charge is 0.260 e. The number of carbonyl (C=O) groups excluding carboxylic acids is 2. The summed E-state index contributed by atoms with van der Waals surface area (Å²) in [4.78, 5) is 31.5. The quantitative estimate of drug-likeness (QED) is 0.528. The lowest BCUT2D eigenvalue weighted by Gasteiger charge is -2.26. The molecule has 1 aliphatic rings. The lowest BCUT2D eigenvalue weighted by molar-refractivity contribution is -0.134. The van der Waals surface area contributed by atoms with Gasteiger partial charge in [-0.05, 0) is 62.6 Å². The van der Waals surface area contributed by atoms with E-state index in [1.807, 2.05) is 30.0 Å². The number of nitrogens with zero attached hydrogens (tertiary/aromatic N) is 2. The molecule has 1 aromatic heterocycles. The first-order chi connectivity index (χ1) is 16.1. The number of fused-ring (bicyclic) bond motifs is 1. The Labute approximate surface area is 196 Å². The SMILES string of the molecule is CCOc1cc(C(=O)Nc2nc3ccc(OC)cc3s2)ccc1OCC(=O)N1CCCCC1. The number of rotatable bonds is 8. The molecule has 4 rings (SSSR count). The number of piperidine rings is 1. The monoisotopic (exact) mass is 469 g/mol. The molecule has 174 valence electrons. The van der Waals surface area contributed by atoms with Gasteiger partial charge in [-0.3, -0.25) is 14.9 Å². The van der Waals surface area contributed by atoms with E-state index >= 15 is 0 Å². The lowest BCUT2D eigenvalue weighted by atomic mass is 10.1. The normalized spacial score (nSPS) is 13.6. The zero-order valence-electron chi connectivity index (χ0n) is 18.8. The molecule has 0 radical (unpaired) electrons. The maximum atomic E-state index is 12.8. The van der Waals surface area contributed by atoms with Gasteiger partial charge in [0.25, 0.3) is 11.8 Å². The summed E-state index contributed by atoms with van der Waals surface area (Å²) in [5.41, 5.74) is 1.19. The number of benzene rings is 2. The molecule has 2 aromatic carbocycles. The van der Waals surface area contributed by atoms with E-state index in [0.717, 1.165) is 48.3 Å². The Morgan fingerprint density at radius 1 is 1.06 bits per heavy atom. The van der Waals surface area contributed by atoms with Gasteiger partial charge in [0.1, 0.15) is 5.75 Å². The molecule has 0 bridgehead atoms. The third kappa shape index (κ3) is 5.54. The Morgan fingerprint density at radius 3 is 2.64 bits per heavy atom. The van der Waals surface area contributed by atoms with Gasteiger partial charge in [0.05, 0.1) is 23.9 Å². The van der Waals surface area contributed by atoms with Crippen molar-refractivity contribution in [2.45, 2.75) is 26.2 Å². The van der Waals surface area contributed by atoms with E-state index in [1.165, 1.54) is 11.3 Å². The summed E-state index contributed by atoms with van der Waals surface area (Å²) in [5.74, 6) is 1.25. The molecule has 9 heteroatoms. The first kappa shape index (κ1) is 22.8. The Bertz CT molecular complexity index is 1140. The highest BCUT2D eigenvalue weighted by Gasteiger charge is 2.19. The highest BCUT2D eigenvalue weighted by Crippen LogP contribution is 2.31. The van der Waals surface area contributed by atoms with Crippen LogP contribution in [0.2, 0.25) is 0 Å². The first-order valence-electron chi connectivity index (χ1n) is 11.0. The number of likely N-dealkylation sites (tertiary alicyclic amines) is 1. The molecular formula is C24H27N3O5S. The fourth-order valence-electron chi connectivity index (χ4n) is 3.67. The third-order valence-corrected chi connectivity index (χ3v) is 6.32. The Morgan fingerprint density at radius 2 is 1.88 bits per heavy atom. The van der Waals surface area contributed by atoms with Crippen molar-refractivity contribution in [3.63, 3.8) is 0 Å². The molecule has 1 saturated heterocycles. The summed E-state index contributed by atoms with van der Waals surface area (Å²) in [6.45, 7) is 3.75. The molecule has 0 atom stereocenters. The number of hydrogen-bond donors (Lipinski definition) is 1. The molecule has 33 heavy (non-hydrogen) atoms. The van der Waals surface area contributed by atoms with Crippen molar-refractivity contribution in [2.75, 3.05) is 38.7 Å². The van der Waals surface area contributed by atoms with E-state index in [2.05, 4.69) is 10.3 Å². The molecule has 1 aliphatic heterocycles. The zero-order chi connectivity index (χ0) is 23.2. The van der Waals surface area contributed by atoms with Gasteiger partial charge in [0.2, 0.25) is 0 Å². The second-order valence-corrected chi connectivity index (χ2v) is 8.66. The van der Waals surface area contributed by atoms with Crippen LogP contribution in [0.25, 0.3) is 10.2 Å². The number of thiazole rings is 1. The average Bonchev–Trinajstić information content (AvgIpc) is 3.25. The minimum Gasteiger partial charge on any atom is -0.497 e. The molecule has 8 nitrogen and oxygen atoms in total. The van der Waals surface area contributed by atoms with Gasteiger partial charge in [0, 0.05) is 18.7 Å². The fourth-order valence-corrected chi connectivity index (χ4v) is 4.55. The van der Waals surface area contributed by atoms with E-state index in [-0.39, 0.29) is 18.4 Å². The summed E-state index contributed by atoms with van der Waals surface area (Å²) in [6.07, 6.45) is 3.22. The summed E-state index contributed by atoms with van der Waals surface area (Å²) in [7, 11) is 1.61. The van der Waals surface area contributed by atoms with Gasteiger partial charge >= 0.3 is 0 Å². The van der Waals surface area contributed by atoms with Crippen molar-refractivity contribution in [3.05, 3.63) is 42.0 Å². The third-order valence-electron chi connectivity index (χ3n) is 5.38. The van der Waals surface area contributed by atoms with Gasteiger partial charge in [-0.25, -0.2) is 4.98 Å². The van der Waals surface area contributed by atoms with Crippen LogP contribution in [-0.4, -0.2) is 55.1 Å². The van der Waals surface area contributed by atoms with Crippen LogP contribution in [0.5, 0.6) is 17.2 Å². The number of hydrogen-bond acceptors (Lipinski definition) is 7. The van der Waals surface area contributed by atoms with Crippen molar-refractivity contribution in [2.24, 2.45) is 0 Å². The van der Waals surface area contributed by atoms with Crippen LogP contribution in [0.1, 0.15) is 36.5 Å². The number of amides is 2. The van der Waals surface area contributed by atoms with Crippen molar-refractivity contribution in [3.8, 4) is 17.2 Å². The predicted octanol–water partition coefficient (Wildman–Crippen LogP) is 4.35. The van der Waals surface area contributed by atoms with Crippen molar-refractivity contribution in [1.82, 2.24) is 9.88 Å². The Kier molecular flexibility index (Phi) is 7.29. The van der Waals surface area contributed by atoms with Gasteiger partial charge in [-0.2, -0.15) is 0 Å². The topological polar surface area (TPSA) is 90.0 Å². The minimum absolute atomic E-state index is 0.0357. The van der Waals surface area contributed by atoms with Crippen LogP contribution in [-0.2, 0) is 4.79 Å². The van der Waals surface area contributed by atoms with E-state index in [0.29, 0.717) is 28.8 Å². The van der Waals surface area contributed by atoms with Crippen LogP contribution in [0.4, 0.5) is 5.13 Å². The van der Waals surface area contributed by atoms with Crippen LogP contribution >= 0.6 is 11.3 Å². The standard InChI is InChI=1S/C24H27N3O5S/c1-3-31-20-13-16(7-10-19(20)32-15-22(28)27-11-5-4-6-12-27)23(29)26-24-25-18-9-8-17(30-2)14-21(18)33-24/h7-10,13-14H,3-6,11-12,15H2,1-2H3,(H,25,26,29). The second kappa shape index (κ2) is 10.5. The molecule has 0 unspecified atom stereocenters. The second-order valence-electron chi connectivity index (χ2n) is 7.63. The molecule has 0 saturated carbocycles. The number of carbonyl (C=O) groups is 2. The van der Waals surface area contributed by atoms with E-state index in [4.69, 9.17) is 14.2 Å². The zero-order valence-corrected chi connectivity index (χ0v) is 19.6. The number of anilines is 1. The van der Waals surface area contributed by atoms with Crippen LogP contribution in [0.15, 0.2) is 36.4 Å². The molecule has 2 amide bonds. The number of nitrogens with one attached hydrogen (secondary N) is 1. The molecule has 1 N–H and O–H groups in total. The van der Waals surface area contributed by atoms with Crippen molar-refractivity contribution < 1.29 is 23.8 Å². The highest BCUT2D eigenvalue weighted by atomic mass is 32.1. The maximum Gasteiger partial charge on any atom is 0.260 e. The number of ether oxygens (including phenoxy) is 3. The van der Waals surface area contributed by atoms with Crippen LogP contribution in [0, 0.1) is 0 Å². The van der Waals surface area contributed by atoms with Gasteiger partial charge in [-0.15, -0.1) is 0 Å². The van der Waals surface area contributed by atoms with Gasteiger partial charge in [0.15, 0.2) is 23.2 Å². The minimum atomic E-state index is -0.307. The van der Waals surface area contributed by atoms with E-state index in [1.54, 1.807) is 25.3 Å².